The summed E-state index contributed by atoms with van der Waals surface area (Å²) in [5.41, 5.74) is -1.13. The van der Waals surface area contributed by atoms with Crippen LogP contribution in [0.2, 0.25) is 0 Å². The molecule has 0 aliphatic heterocycles. The Bertz CT molecular complexity index is 534. The Labute approximate surface area is 136 Å². The van der Waals surface area contributed by atoms with E-state index in [1.807, 2.05) is 19.1 Å². The average molecular weight is 375 g/mol. The van der Waals surface area contributed by atoms with E-state index in [0.717, 1.165) is 21.5 Å². The number of rotatable bonds is 4. The fourth-order valence-corrected chi connectivity index (χ4v) is 4.21. The van der Waals surface area contributed by atoms with Crippen molar-refractivity contribution < 1.29 is 14.7 Å². The lowest BCUT2D eigenvalue weighted by molar-refractivity contribution is -0.146. The van der Waals surface area contributed by atoms with E-state index >= 15 is 0 Å². The van der Waals surface area contributed by atoms with Crippen molar-refractivity contribution in [1.29, 1.82) is 0 Å². The van der Waals surface area contributed by atoms with Gasteiger partial charge in [0.25, 0.3) is 0 Å². The van der Waals surface area contributed by atoms with E-state index in [1.165, 1.54) is 11.3 Å². The molecule has 0 spiro atoms. The second-order valence-electron chi connectivity index (χ2n) is 5.60. The molecule has 2 atom stereocenters. The van der Waals surface area contributed by atoms with Crippen LogP contribution >= 0.6 is 27.3 Å². The van der Waals surface area contributed by atoms with Crippen LogP contribution in [0.15, 0.2) is 15.9 Å². The highest BCUT2D eigenvalue weighted by Crippen LogP contribution is 2.32. The molecule has 0 radical (unpaired) electrons. The van der Waals surface area contributed by atoms with Crippen LogP contribution in [-0.2, 0) is 11.3 Å². The van der Waals surface area contributed by atoms with Crippen LogP contribution in [0.3, 0.4) is 0 Å². The molecule has 5 nitrogen and oxygen atoms in total. The number of carboxylic acids is 1. The third-order valence-corrected chi connectivity index (χ3v) is 5.44. The van der Waals surface area contributed by atoms with Crippen molar-refractivity contribution in [2.45, 2.75) is 44.7 Å². The molecule has 21 heavy (non-hydrogen) atoms. The van der Waals surface area contributed by atoms with Crippen molar-refractivity contribution in [2.24, 2.45) is 5.92 Å². The maximum atomic E-state index is 12.0. The zero-order valence-electron chi connectivity index (χ0n) is 11.8. The maximum absolute atomic E-state index is 12.0. The van der Waals surface area contributed by atoms with E-state index in [-0.39, 0.29) is 0 Å². The molecule has 1 saturated carbocycles. The van der Waals surface area contributed by atoms with Crippen LogP contribution in [0.5, 0.6) is 0 Å². The van der Waals surface area contributed by atoms with Crippen LogP contribution in [0, 0.1) is 5.92 Å². The third kappa shape index (κ3) is 4.20. The Morgan fingerprint density at radius 2 is 2.29 bits per heavy atom. The van der Waals surface area contributed by atoms with Gasteiger partial charge in [-0.05, 0) is 46.8 Å². The number of carbonyl (C=O) groups excluding carboxylic acids is 1. The molecule has 0 bridgehead atoms. The number of halogens is 1. The van der Waals surface area contributed by atoms with Crippen LogP contribution in [0.25, 0.3) is 0 Å². The van der Waals surface area contributed by atoms with Crippen LogP contribution in [0.1, 0.15) is 37.5 Å². The molecule has 0 saturated heterocycles. The van der Waals surface area contributed by atoms with Crippen molar-refractivity contribution in [1.82, 2.24) is 10.6 Å². The minimum Gasteiger partial charge on any atom is -0.480 e. The SMILES string of the molecule is CC1CCCC(NC(=O)NCc2ccc(Br)s2)(C(=O)O)C1. The average Bonchev–Trinajstić information content (AvgIpc) is 2.82. The highest BCUT2D eigenvalue weighted by molar-refractivity contribution is 9.11. The molecule has 1 heterocycles. The lowest BCUT2D eigenvalue weighted by Crippen LogP contribution is -2.58. The van der Waals surface area contributed by atoms with Crippen molar-refractivity contribution >= 4 is 39.3 Å². The molecule has 116 valence electrons. The summed E-state index contributed by atoms with van der Waals surface area (Å²) in [6.07, 6.45) is 2.82. The Morgan fingerprint density at radius 1 is 1.52 bits per heavy atom. The first-order valence-corrected chi connectivity index (χ1v) is 8.56. The third-order valence-electron chi connectivity index (χ3n) is 3.81. The summed E-state index contributed by atoms with van der Waals surface area (Å²) in [5.74, 6) is -0.633. The van der Waals surface area contributed by atoms with Gasteiger partial charge < -0.3 is 15.7 Å². The van der Waals surface area contributed by atoms with E-state index in [4.69, 9.17) is 0 Å². The highest BCUT2D eigenvalue weighted by Gasteiger charge is 2.43. The number of hydrogen-bond acceptors (Lipinski definition) is 3. The predicted molar refractivity (Wildman–Crippen MR) is 85.4 cm³/mol. The molecule has 2 rings (SSSR count). The highest BCUT2D eigenvalue weighted by atomic mass is 79.9. The Morgan fingerprint density at radius 3 is 2.86 bits per heavy atom. The van der Waals surface area contributed by atoms with E-state index in [2.05, 4.69) is 26.6 Å². The summed E-state index contributed by atoms with van der Waals surface area (Å²) in [6, 6.07) is 3.42. The van der Waals surface area contributed by atoms with Crippen molar-refractivity contribution in [2.75, 3.05) is 0 Å². The van der Waals surface area contributed by atoms with Gasteiger partial charge in [-0.15, -0.1) is 11.3 Å². The number of hydrogen-bond donors (Lipinski definition) is 3. The molecule has 0 aromatic carbocycles. The van der Waals surface area contributed by atoms with Gasteiger partial charge in [-0.1, -0.05) is 19.8 Å². The second-order valence-corrected chi connectivity index (χ2v) is 8.15. The number of aliphatic carboxylic acids is 1. The topological polar surface area (TPSA) is 78.4 Å². The molecule has 1 aliphatic rings. The summed E-state index contributed by atoms with van der Waals surface area (Å²) < 4.78 is 1.00. The van der Waals surface area contributed by atoms with Gasteiger partial charge in [-0.3, -0.25) is 0 Å². The number of nitrogens with one attached hydrogen (secondary N) is 2. The quantitative estimate of drug-likeness (QED) is 0.755. The zero-order chi connectivity index (χ0) is 15.5. The van der Waals surface area contributed by atoms with E-state index < -0.39 is 17.5 Å². The van der Waals surface area contributed by atoms with Gasteiger partial charge in [0, 0.05) is 4.88 Å². The first-order valence-electron chi connectivity index (χ1n) is 6.95. The first kappa shape index (κ1) is 16.3. The number of thiophene rings is 1. The zero-order valence-corrected chi connectivity index (χ0v) is 14.2. The monoisotopic (exact) mass is 374 g/mol. The summed E-state index contributed by atoms with van der Waals surface area (Å²) in [5, 5.41) is 14.9. The molecule has 2 amide bonds. The molecular weight excluding hydrogens is 356 g/mol. The van der Waals surface area contributed by atoms with Crippen LogP contribution < -0.4 is 10.6 Å². The summed E-state index contributed by atoms with van der Waals surface area (Å²) >= 11 is 4.90. The molecule has 1 fully saturated rings. The Balaban J connectivity index is 1.94. The molecule has 7 heteroatoms. The standard InChI is InChI=1S/C14H19BrN2O3S/c1-9-3-2-6-14(7-9,12(18)19)17-13(20)16-8-10-4-5-11(15)21-10/h4-5,9H,2-3,6-8H2,1H3,(H,18,19)(H2,16,17,20). The first-order chi connectivity index (χ1) is 9.91. The summed E-state index contributed by atoms with van der Waals surface area (Å²) in [7, 11) is 0. The van der Waals surface area contributed by atoms with Crippen molar-refractivity contribution in [3.05, 3.63) is 20.8 Å². The molecule has 1 aliphatic carbocycles. The minimum atomic E-state index is -1.13. The fourth-order valence-electron chi connectivity index (χ4n) is 2.79. The lowest BCUT2D eigenvalue weighted by atomic mass is 9.76. The van der Waals surface area contributed by atoms with Gasteiger partial charge in [-0.2, -0.15) is 0 Å². The van der Waals surface area contributed by atoms with Gasteiger partial charge in [-0.25, -0.2) is 9.59 Å². The number of carbonyl (C=O) groups is 2. The Kier molecular flexibility index (Phi) is 5.27. The molecular formula is C14H19BrN2O3S. The van der Waals surface area contributed by atoms with E-state index in [1.54, 1.807) is 0 Å². The van der Waals surface area contributed by atoms with E-state index in [9.17, 15) is 14.7 Å². The van der Waals surface area contributed by atoms with Crippen LogP contribution in [-0.4, -0.2) is 22.6 Å². The molecule has 3 N–H and O–H groups in total. The molecule has 2 unspecified atom stereocenters. The van der Waals surface area contributed by atoms with Gasteiger partial charge in [0.15, 0.2) is 0 Å². The Hall–Kier alpha value is -1.08. The maximum Gasteiger partial charge on any atom is 0.329 e. The van der Waals surface area contributed by atoms with Gasteiger partial charge in [0.2, 0.25) is 0 Å². The predicted octanol–water partition coefficient (Wildman–Crippen LogP) is 3.34. The van der Waals surface area contributed by atoms with Crippen molar-refractivity contribution in [3.63, 3.8) is 0 Å². The largest absolute Gasteiger partial charge is 0.480 e. The molecule has 1 aromatic heterocycles. The summed E-state index contributed by atoms with van der Waals surface area (Å²) in [4.78, 5) is 24.6. The smallest absolute Gasteiger partial charge is 0.329 e. The number of urea groups is 1. The van der Waals surface area contributed by atoms with Crippen LogP contribution in [0.4, 0.5) is 4.79 Å². The summed E-state index contributed by atoms with van der Waals surface area (Å²) in [6.45, 7) is 2.42. The fraction of sp³-hybridized carbons (Fsp3) is 0.571. The second kappa shape index (κ2) is 6.79. The molecule has 1 aromatic rings. The minimum absolute atomic E-state index is 0.309. The van der Waals surface area contributed by atoms with E-state index in [0.29, 0.717) is 25.3 Å². The van der Waals surface area contributed by atoms with Gasteiger partial charge >= 0.3 is 12.0 Å². The lowest BCUT2D eigenvalue weighted by Gasteiger charge is -2.36. The van der Waals surface area contributed by atoms with Crippen molar-refractivity contribution in [3.8, 4) is 0 Å². The number of amides is 2. The van der Waals surface area contributed by atoms with Gasteiger partial charge in [0.1, 0.15) is 5.54 Å². The van der Waals surface area contributed by atoms with Gasteiger partial charge in [0.05, 0.1) is 10.3 Å². The normalized spacial score (nSPS) is 25.3. The number of carboxylic acid groups (broad SMARTS) is 1.